The monoisotopic (exact) mass is 710 g/mol. The lowest BCUT2D eigenvalue weighted by Crippen LogP contribution is -2.08. The van der Waals surface area contributed by atoms with Crippen LogP contribution in [0.15, 0.2) is 122 Å². The van der Waals surface area contributed by atoms with Gasteiger partial charge < -0.3 is 0 Å². The normalized spacial score (nSPS) is 12.6. The number of nitrogens with zero attached hydrogens (tertiary/aromatic N) is 2. The molecular weight excluding hydrogens is 669 g/mol. The van der Waals surface area contributed by atoms with Crippen molar-refractivity contribution in [3.63, 3.8) is 0 Å². The lowest BCUT2D eigenvalue weighted by atomic mass is 9.88. The first-order valence-corrected chi connectivity index (χ1v) is 19.9. The molecule has 0 amide bonds. The molecule has 0 aliphatic heterocycles. The third kappa shape index (κ3) is 5.88. The summed E-state index contributed by atoms with van der Waals surface area (Å²) in [6.45, 7) is 13.9. The molecule has 0 fully saturated rings. The predicted molar refractivity (Wildman–Crippen MR) is 228 cm³/mol. The van der Waals surface area contributed by atoms with Crippen molar-refractivity contribution in [1.29, 1.82) is 0 Å². The molecule has 0 bridgehead atoms. The summed E-state index contributed by atoms with van der Waals surface area (Å²) in [6, 6.07) is 40.4. The van der Waals surface area contributed by atoms with Crippen LogP contribution in [-0.4, -0.2) is 9.97 Å². The molecule has 9 rings (SSSR count). The van der Waals surface area contributed by atoms with E-state index in [1.807, 2.05) is 35.1 Å². The Hall–Kier alpha value is -4.90. The van der Waals surface area contributed by atoms with Gasteiger partial charge in [-0.3, -0.25) is 9.97 Å². The van der Waals surface area contributed by atoms with Crippen LogP contribution in [-0.2, 0) is 12.8 Å². The second kappa shape index (κ2) is 12.4. The van der Waals surface area contributed by atoms with E-state index in [1.165, 1.54) is 73.4 Å². The molecule has 0 unspecified atom stereocenters. The van der Waals surface area contributed by atoms with Gasteiger partial charge in [-0.1, -0.05) is 126 Å². The Morgan fingerprint density at radius 2 is 0.942 bits per heavy atom. The molecule has 0 saturated carbocycles. The molecule has 5 aromatic carbocycles. The number of hydrogen-bond donors (Lipinski definition) is 0. The fourth-order valence-corrected chi connectivity index (χ4v) is 10.5. The molecule has 0 aliphatic carbocycles. The van der Waals surface area contributed by atoms with Gasteiger partial charge >= 0.3 is 0 Å². The summed E-state index contributed by atoms with van der Waals surface area (Å²) in [5.41, 5.74) is 10.1. The van der Waals surface area contributed by atoms with E-state index in [2.05, 4.69) is 151 Å². The minimum Gasteiger partial charge on any atom is -0.255 e. The van der Waals surface area contributed by atoms with E-state index in [0.29, 0.717) is 0 Å². The molecule has 0 radical (unpaired) electrons. The number of aromatic nitrogens is 2. The molecule has 0 N–H and O–H groups in total. The van der Waals surface area contributed by atoms with E-state index < -0.39 is 0 Å². The fraction of sp³-hybridized carbons (Fsp3) is 0.208. The molecule has 4 heterocycles. The Morgan fingerprint density at radius 1 is 0.442 bits per heavy atom. The van der Waals surface area contributed by atoms with Crippen LogP contribution in [0, 0.1) is 10.8 Å². The highest BCUT2D eigenvalue weighted by atomic mass is 32.1. The van der Waals surface area contributed by atoms with Crippen LogP contribution in [0.4, 0.5) is 0 Å². The Bertz CT molecular complexity index is 2820. The highest BCUT2D eigenvalue weighted by Crippen LogP contribution is 2.44. The molecule has 0 aliphatic rings. The number of benzene rings is 5. The van der Waals surface area contributed by atoms with E-state index >= 15 is 0 Å². The summed E-state index contributed by atoms with van der Waals surface area (Å²) in [5.74, 6) is 0. The second-order valence-electron chi connectivity index (χ2n) is 16.7. The van der Waals surface area contributed by atoms with E-state index in [0.717, 1.165) is 35.4 Å². The van der Waals surface area contributed by atoms with Crippen LogP contribution in [0.3, 0.4) is 0 Å². The standard InChI is InChI=1S/C48H42N2S2/c1-47(2,3)27-33-14-9-17-36-38-21-23-49-41(45(38)51-43(33)36)31-13-7-12-30(25-31)35-16-8-11-29-19-20-32(26-40(29)35)42-46-39(22-24-50-42)37-18-10-15-34(44(37)52-46)28-48(4,5)6/h7-26H,27-28H2,1-6H3. The first-order chi connectivity index (χ1) is 25.0. The van der Waals surface area contributed by atoms with Crippen LogP contribution < -0.4 is 0 Å². The van der Waals surface area contributed by atoms with Gasteiger partial charge in [-0.15, -0.1) is 22.7 Å². The van der Waals surface area contributed by atoms with Crippen LogP contribution in [0.5, 0.6) is 0 Å². The van der Waals surface area contributed by atoms with Gasteiger partial charge in [0.15, 0.2) is 0 Å². The molecule has 0 saturated heterocycles. The van der Waals surface area contributed by atoms with Crippen molar-refractivity contribution < 1.29 is 0 Å². The molecule has 52 heavy (non-hydrogen) atoms. The highest BCUT2D eigenvalue weighted by molar-refractivity contribution is 7.27. The molecule has 2 nitrogen and oxygen atoms in total. The summed E-state index contributed by atoms with van der Waals surface area (Å²) < 4.78 is 5.27. The summed E-state index contributed by atoms with van der Waals surface area (Å²) in [7, 11) is 0. The topological polar surface area (TPSA) is 25.8 Å². The van der Waals surface area contributed by atoms with Gasteiger partial charge in [0, 0.05) is 54.5 Å². The van der Waals surface area contributed by atoms with Gasteiger partial charge in [0.1, 0.15) is 0 Å². The molecule has 0 spiro atoms. The molecular formula is C48H42N2S2. The van der Waals surface area contributed by atoms with E-state index in [1.54, 1.807) is 0 Å². The van der Waals surface area contributed by atoms with Crippen molar-refractivity contribution in [3.8, 4) is 33.6 Å². The van der Waals surface area contributed by atoms with Gasteiger partial charge in [0.25, 0.3) is 0 Å². The first-order valence-electron chi connectivity index (χ1n) is 18.2. The summed E-state index contributed by atoms with van der Waals surface area (Å²) >= 11 is 3.78. The lowest BCUT2D eigenvalue weighted by Gasteiger charge is -2.18. The van der Waals surface area contributed by atoms with Gasteiger partial charge in [-0.05, 0) is 81.0 Å². The SMILES string of the molecule is CC(C)(C)Cc1cccc2c1sc1c(-c3cccc(-c4cccc5ccc(-c6nccc7c6sc6c(CC(C)(C)C)cccc67)cc45)c3)nccc12. The zero-order valence-corrected chi connectivity index (χ0v) is 32.3. The van der Waals surface area contributed by atoms with E-state index in [4.69, 9.17) is 9.97 Å². The van der Waals surface area contributed by atoms with Crippen molar-refractivity contribution in [1.82, 2.24) is 9.97 Å². The zero-order chi connectivity index (χ0) is 35.8. The van der Waals surface area contributed by atoms with E-state index in [9.17, 15) is 0 Å². The highest BCUT2D eigenvalue weighted by Gasteiger charge is 2.20. The molecule has 256 valence electrons. The maximum Gasteiger partial charge on any atom is 0.0880 e. The van der Waals surface area contributed by atoms with Gasteiger partial charge in [-0.2, -0.15) is 0 Å². The number of rotatable bonds is 5. The lowest BCUT2D eigenvalue weighted by molar-refractivity contribution is 0.412. The maximum atomic E-state index is 5.02. The molecule has 4 aromatic heterocycles. The summed E-state index contributed by atoms with van der Waals surface area (Å²) in [5, 5.41) is 7.68. The summed E-state index contributed by atoms with van der Waals surface area (Å²) in [6.07, 6.45) is 6.05. The Labute approximate surface area is 313 Å². The molecule has 0 atom stereocenters. The average Bonchev–Trinajstić information content (AvgIpc) is 3.70. The number of pyridine rings is 2. The quantitative estimate of drug-likeness (QED) is 0.178. The minimum atomic E-state index is 0.216. The third-order valence-corrected chi connectivity index (χ3v) is 12.6. The number of fused-ring (bicyclic) bond motifs is 7. The van der Waals surface area contributed by atoms with Crippen molar-refractivity contribution in [2.75, 3.05) is 0 Å². The largest absolute Gasteiger partial charge is 0.255 e. The number of thiophene rings is 2. The maximum absolute atomic E-state index is 5.02. The Morgan fingerprint density at radius 3 is 1.52 bits per heavy atom. The number of hydrogen-bond acceptors (Lipinski definition) is 4. The Kier molecular flexibility index (Phi) is 7.84. The van der Waals surface area contributed by atoms with Crippen molar-refractivity contribution in [2.45, 2.75) is 54.4 Å². The van der Waals surface area contributed by atoms with Crippen molar-refractivity contribution in [2.24, 2.45) is 10.8 Å². The third-order valence-electron chi connectivity index (χ3n) is 10.0. The van der Waals surface area contributed by atoms with E-state index in [-0.39, 0.29) is 10.8 Å². The van der Waals surface area contributed by atoms with Crippen LogP contribution in [0.1, 0.15) is 52.7 Å². The van der Waals surface area contributed by atoms with Gasteiger partial charge in [0.05, 0.1) is 20.8 Å². The van der Waals surface area contributed by atoms with Crippen molar-refractivity contribution >= 4 is 73.8 Å². The average molecular weight is 711 g/mol. The minimum absolute atomic E-state index is 0.216. The van der Waals surface area contributed by atoms with Crippen LogP contribution in [0.2, 0.25) is 0 Å². The predicted octanol–water partition coefficient (Wildman–Crippen LogP) is 14.5. The van der Waals surface area contributed by atoms with Crippen LogP contribution >= 0.6 is 22.7 Å². The van der Waals surface area contributed by atoms with Crippen LogP contribution in [0.25, 0.3) is 84.8 Å². The van der Waals surface area contributed by atoms with Crippen molar-refractivity contribution in [3.05, 3.63) is 133 Å². The summed E-state index contributed by atoms with van der Waals surface area (Å²) in [4.78, 5) is 10.0. The zero-order valence-electron chi connectivity index (χ0n) is 30.7. The first kappa shape index (κ1) is 33.0. The molecule has 4 heteroatoms. The molecule has 9 aromatic rings. The second-order valence-corrected chi connectivity index (χ2v) is 18.7. The van der Waals surface area contributed by atoms with Gasteiger partial charge in [0.2, 0.25) is 0 Å². The Balaban J connectivity index is 1.16. The smallest absolute Gasteiger partial charge is 0.0880 e. The van der Waals surface area contributed by atoms with Gasteiger partial charge in [-0.25, -0.2) is 0 Å². The fourth-order valence-electron chi connectivity index (χ4n) is 7.90.